The summed E-state index contributed by atoms with van der Waals surface area (Å²) in [7, 11) is 0. The third kappa shape index (κ3) is 3.73. The van der Waals surface area contributed by atoms with E-state index in [0.29, 0.717) is 0 Å². The van der Waals surface area contributed by atoms with E-state index in [1.165, 1.54) is 33.5 Å². The summed E-state index contributed by atoms with van der Waals surface area (Å²) in [5, 5.41) is 0. The fourth-order valence-corrected chi connectivity index (χ4v) is 4.32. The van der Waals surface area contributed by atoms with Crippen LogP contribution in [0.25, 0.3) is 0 Å². The molecule has 0 saturated carbocycles. The SMILES string of the molecule is CC(C)(N)Cc1ccc(C2CCSC2)c(Br)c1. The van der Waals surface area contributed by atoms with Gasteiger partial charge in [0.05, 0.1) is 0 Å². The van der Waals surface area contributed by atoms with Crippen molar-refractivity contribution in [3.05, 3.63) is 33.8 Å². The summed E-state index contributed by atoms with van der Waals surface area (Å²) in [6.45, 7) is 4.14. The summed E-state index contributed by atoms with van der Waals surface area (Å²) in [6.07, 6.45) is 2.23. The van der Waals surface area contributed by atoms with Gasteiger partial charge in [-0.3, -0.25) is 0 Å². The Balaban J connectivity index is 2.16. The molecule has 0 radical (unpaired) electrons. The van der Waals surface area contributed by atoms with E-state index in [2.05, 4.69) is 59.7 Å². The molecule has 1 heterocycles. The van der Waals surface area contributed by atoms with E-state index in [9.17, 15) is 0 Å². The van der Waals surface area contributed by atoms with Crippen LogP contribution in [0.4, 0.5) is 0 Å². The fourth-order valence-electron chi connectivity index (χ4n) is 2.32. The molecule has 94 valence electrons. The summed E-state index contributed by atoms with van der Waals surface area (Å²) in [4.78, 5) is 0. The average Bonchev–Trinajstić information content (AvgIpc) is 2.68. The standard InChI is InChI=1S/C14H20BrNS/c1-14(2,16)8-10-3-4-12(13(15)7-10)11-5-6-17-9-11/h3-4,7,11H,5-6,8-9,16H2,1-2H3. The number of benzene rings is 1. The van der Waals surface area contributed by atoms with Crippen LogP contribution in [0.3, 0.4) is 0 Å². The van der Waals surface area contributed by atoms with E-state index in [1.807, 2.05) is 0 Å². The van der Waals surface area contributed by atoms with Gasteiger partial charge in [0.2, 0.25) is 0 Å². The van der Waals surface area contributed by atoms with Crippen molar-refractivity contribution in [2.75, 3.05) is 11.5 Å². The Labute approximate surface area is 117 Å². The van der Waals surface area contributed by atoms with Gasteiger partial charge in [0.1, 0.15) is 0 Å². The number of halogens is 1. The Bertz CT molecular complexity index is 392. The van der Waals surface area contributed by atoms with Crippen LogP contribution < -0.4 is 5.73 Å². The van der Waals surface area contributed by atoms with Crippen LogP contribution in [-0.2, 0) is 6.42 Å². The molecule has 1 nitrogen and oxygen atoms in total. The van der Waals surface area contributed by atoms with Crippen molar-refractivity contribution < 1.29 is 0 Å². The van der Waals surface area contributed by atoms with Gasteiger partial charge in [-0.15, -0.1) is 0 Å². The molecule has 0 spiro atoms. The van der Waals surface area contributed by atoms with Crippen LogP contribution in [0.1, 0.15) is 37.3 Å². The molecule has 0 bridgehead atoms. The molecule has 1 aliphatic rings. The zero-order chi connectivity index (χ0) is 12.5. The highest BCUT2D eigenvalue weighted by Gasteiger charge is 2.20. The van der Waals surface area contributed by atoms with Crippen LogP contribution in [0, 0.1) is 0 Å². The lowest BCUT2D eigenvalue weighted by Gasteiger charge is -2.19. The molecule has 1 unspecified atom stereocenters. The lowest BCUT2D eigenvalue weighted by molar-refractivity contribution is 0.516. The van der Waals surface area contributed by atoms with Gasteiger partial charge >= 0.3 is 0 Å². The van der Waals surface area contributed by atoms with Gasteiger partial charge in [-0.1, -0.05) is 28.1 Å². The number of nitrogens with two attached hydrogens (primary N) is 1. The Hall–Kier alpha value is 0.01000. The fraction of sp³-hybridized carbons (Fsp3) is 0.571. The first-order valence-electron chi connectivity index (χ1n) is 6.11. The molecule has 3 heteroatoms. The van der Waals surface area contributed by atoms with Crippen LogP contribution in [-0.4, -0.2) is 17.0 Å². The average molecular weight is 314 g/mol. The van der Waals surface area contributed by atoms with Crippen LogP contribution >= 0.6 is 27.7 Å². The molecule has 1 aliphatic heterocycles. The Morgan fingerprint density at radius 1 is 1.47 bits per heavy atom. The van der Waals surface area contributed by atoms with E-state index >= 15 is 0 Å². The van der Waals surface area contributed by atoms with Gasteiger partial charge in [-0.25, -0.2) is 0 Å². The van der Waals surface area contributed by atoms with Crippen LogP contribution in [0.5, 0.6) is 0 Å². The zero-order valence-corrected chi connectivity index (χ0v) is 12.9. The van der Waals surface area contributed by atoms with Gasteiger partial charge in [-0.2, -0.15) is 11.8 Å². The quantitative estimate of drug-likeness (QED) is 0.914. The summed E-state index contributed by atoms with van der Waals surface area (Å²) < 4.78 is 1.26. The van der Waals surface area contributed by atoms with Crippen LogP contribution in [0.2, 0.25) is 0 Å². The molecule has 1 aromatic rings. The van der Waals surface area contributed by atoms with E-state index < -0.39 is 0 Å². The number of hydrogen-bond donors (Lipinski definition) is 1. The normalized spacial score (nSPS) is 20.8. The number of hydrogen-bond acceptors (Lipinski definition) is 2. The monoisotopic (exact) mass is 313 g/mol. The van der Waals surface area contributed by atoms with Crippen molar-refractivity contribution in [1.29, 1.82) is 0 Å². The third-order valence-corrected chi connectivity index (χ3v) is 4.94. The maximum atomic E-state index is 6.06. The van der Waals surface area contributed by atoms with Gasteiger partial charge < -0.3 is 5.73 Å². The molecular weight excluding hydrogens is 294 g/mol. The summed E-state index contributed by atoms with van der Waals surface area (Å²) in [5.41, 5.74) is 8.71. The molecular formula is C14H20BrNS. The Kier molecular flexibility index (Phi) is 4.22. The van der Waals surface area contributed by atoms with Crippen molar-refractivity contribution >= 4 is 27.7 Å². The van der Waals surface area contributed by atoms with E-state index in [4.69, 9.17) is 5.73 Å². The topological polar surface area (TPSA) is 26.0 Å². The molecule has 1 fully saturated rings. The second-order valence-corrected chi connectivity index (χ2v) is 7.59. The predicted molar refractivity (Wildman–Crippen MR) is 80.8 cm³/mol. The summed E-state index contributed by atoms with van der Waals surface area (Å²) in [5.74, 6) is 3.30. The molecule has 17 heavy (non-hydrogen) atoms. The van der Waals surface area contributed by atoms with Crippen molar-refractivity contribution in [2.45, 2.75) is 38.1 Å². The largest absolute Gasteiger partial charge is 0.325 e. The second kappa shape index (κ2) is 5.33. The zero-order valence-electron chi connectivity index (χ0n) is 10.5. The van der Waals surface area contributed by atoms with E-state index in [0.717, 1.165) is 12.3 Å². The van der Waals surface area contributed by atoms with Crippen molar-refractivity contribution in [3.63, 3.8) is 0 Å². The summed E-state index contributed by atoms with van der Waals surface area (Å²) >= 11 is 5.77. The van der Waals surface area contributed by atoms with Crippen molar-refractivity contribution in [1.82, 2.24) is 0 Å². The minimum Gasteiger partial charge on any atom is -0.325 e. The van der Waals surface area contributed by atoms with E-state index in [-0.39, 0.29) is 5.54 Å². The highest BCUT2D eigenvalue weighted by atomic mass is 79.9. The van der Waals surface area contributed by atoms with Gasteiger partial charge in [-0.05, 0) is 55.6 Å². The lowest BCUT2D eigenvalue weighted by atomic mass is 9.93. The molecule has 0 aromatic heterocycles. The van der Waals surface area contributed by atoms with E-state index in [1.54, 1.807) is 0 Å². The van der Waals surface area contributed by atoms with Gasteiger partial charge in [0.25, 0.3) is 0 Å². The molecule has 0 amide bonds. The molecule has 2 N–H and O–H groups in total. The molecule has 2 rings (SSSR count). The lowest BCUT2D eigenvalue weighted by Crippen LogP contribution is -2.34. The number of thioether (sulfide) groups is 1. The minimum absolute atomic E-state index is 0.135. The minimum atomic E-state index is -0.135. The first kappa shape index (κ1) is 13.4. The highest BCUT2D eigenvalue weighted by Crippen LogP contribution is 2.36. The second-order valence-electron chi connectivity index (χ2n) is 5.58. The summed E-state index contributed by atoms with van der Waals surface area (Å²) in [6, 6.07) is 6.76. The highest BCUT2D eigenvalue weighted by molar-refractivity contribution is 9.10. The number of rotatable bonds is 3. The van der Waals surface area contributed by atoms with Gasteiger partial charge in [0.15, 0.2) is 0 Å². The maximum Gasteiger partial charge on any atom is 0.0213 e. The molecule has 0 aliphatic carbocycles. The third-order valence-electron chi connectivity index (χ3n) is 3.09. The first-order chi connectivity index (χ1) is 7.96. The van der Waals surface area contributed by atoms with Crippen molar-refractivity contribution in [3.8, 4) is 0 Å². The Morgan fingerprint density at radius 3 is 2.76 bits per heavy atom. The van der Waals surface area contributed by atoms with Crippen molar-refractivity contribution in [2.24, 2.45) is 5.73 Å². The maximum absolute atomic E-state index is 6.06. The van der Waals surface area contributed by atoms with Crippen LogP contribution in [0.15, 0.2) is 22.7 Å². The Morgan fingerprint density at radius 2 is 2.24 bits per heavy atom. The predicted octanol–water partition coefficient (Wildman–Crippen LogP) is 3.95. The van der Waals surface area contributed by atoms with Gasteiger partial charge in [0, 0.05) is 15.8 Å². The smallest absolute Gasteiger partial charge is 0.0213 e. The molecule has 1 saturated heterocycles. The molecule has 1 aromatic carbocycles. The first-order valence-corrected chi connectivity index (χ1v) is 8.05. The molecule has 1 atom stereocenters.